The summed E-state index contributed by atoms with van der Waals surface area (Å²) >= 11 is 3.30. The molecule has 1 aliphatic rings. The minimum Gasteiger partial charge on any atom is -0.314 e. The van der Waals surface area contributed by atoms with E-state index in [-0.39, 0.29) is 11.9 Å². The fourth-order valence-corrected chi connectivity index (χ4v) is 2.84. The number of benzene rings is 1. The lowest BCUT2D eigenvalue weighted by atomic mass is 10.1. The van der Waals surface area contributed by atoms with Crippen molar-refractivity contribution in [2.45, 2.75) is 13.0 Å². The third kappa shape index (κ3) is 4.25. The van der Waals surface area contributed by atoms with Crippen molar-refractivity contribution in [3.05, 3.63) is 34.1 Å². The Labute approximate surface area is 129 Å². The molecular weight excluding hydrogens is 321 g/mol. The van der Waals surface area contributed by atoms with Crippen LogP contribution in [-0.4, -0.2) is 56.1 Å². The monoisotopic (exact) mass is 343 g/mol. The van der Waals surface area contributed by atoms with Crippen molar-refractivity contribution in [2.24, 2.45) is 0 Å². The highest BCUT2D eigenvalue weighted by atomic mass is 79.9. The Balaban J connectivity index is 1.89. The molecule has 2 rings (SSSR count). The molecule has 1 N–H and O–H groups in total. The largest absolute Gasteiger partial charge is 0.314 e. The van der Waals surface area contributed by atoms with Crippen LogP contribution >= 0.6 is 15.9 Å². The molecule has 0 spiro atoms. The molecule has 1 atom stereocenters. The zero-order valence-electron chi connectivity index (χ0n) is 12.2. The smallest absolute Gasteiger partial charge is 0.129 e. The third-order valence-electron chi connectivity index (χ3n) is 4.05. The van der Waals surface area contributed by atoms with E-state index >= 15 is 0 Å². The molecule has 112 valence electrons. The van der Waals surface area contributed by atoms with Gasteiger partial charge in [0, 0.05) is 55.3 Å². The molecule has 0 radical (unpaired) electrons. The van der Waals surface area contributed by atoms with Crippen LogP contribution in [0.15, 0.2) is 22.7 Å². The molecule has 1 aromatic carbocycles. The van der Waals surface area contributed by atoms with Crippen LogP contribution in [0.25, 0.3) is 0 Å². The lowest BCUT2D eigenvalue weighted by molar-refractivity contribution is 0.181. The quantitative estimate of drug-likeness (QED) is 0.886. The SMILES string of the molecule is CC(c1ccc(Br)cc1F)N(C)CCN1CCNCC1. The van der Waals surface area contributed by atoms with Crippen LogP contribution in [0.3, 0.4) is 0 Å². The first-order valence-corrected chi connectivity index (χ1v) is 7.95. The molecule has 0 saturated carbocycles. The number of rotatable bonds is 5. The molecule has 0 aromatic heterocycles. The van der Waals surface area contributed by atoms with Gasteiger partial charge in [-0.15, -0.1) is 0 Å². The van der Waals surface area contributed by atoms with Gasteiger partial charge in [0.1, 0.15) is 5.82 Å². The van der Waals surface area contributed by atoms with Crippen LogP contribution in [0, 0.1) is 5.82 Å². The van der Waals surface area contributed by atoms with Crippen LogP contribution in [0.5, 0.6) is 0 Å². The van der Waals surface area contributed by atoms with E-state index < -0.39 is 0 Å². The zero-order chi connectivity index (χ0) is 14.5. The van der Waals surface area contributed by atoms with Crippen LogP contribution in [-0.2, 0) is 0 Å². The minimum absolute atomic E-state index is 0.0889. The van der Waals surface area contributed by atoms with Gasteiger partial charge in [0.25, 0.3) is 0 Å². The summed E-state index contributed by atoms with van der Waals surface area (Å²) in [5.41, 5.74) is 0.760. The van der Waals surface area contributed by atoms with Gasteiger partial charge in [-0.05, 0) is 26.1 Å². The lowest BCUT2D eigenvalue weighted by Gasteiger charge is -2.31. The Bertz CT molecular complexity index is 435. The van der Waals surface area contributed by atoms with Gasteiger partial charge in [-0.2, -0.15) is 0 Å². The fraction of sp³-hybridized carbons (Fsp3) is 0.600. The maximum atomic E-state index is 14.0. The van der Waals surface area contributed by atoms with E-state index in [0.29, 0.717) is 0 Å². The van der Waals surface area contributed by atoms with E-state index in [1.807, 2.05) is 12.1 Å². The highest BCUT2D eigenvalue weighted by molar-refractivity contribution is 9.10. The zero-order valence-corrected chi connectivity index (χ0v) is 13.8. The molecular formula is C15H23BrFN3. The number of nitrogens with one attached hydrogen (secondary N) is 1. The Morgan fingerprint density at radius 3 is 2.75 bits per heavy atom. The highest BCUT2D eigenvalue weighted by Gasteiger charge is 2.17. The van der Waals surface area contributed by atoms with E-state index in [1.54, 1.807) is 0 Å². The normalized spacial score (nSPS) is 18.4. The van der Waals surface area contributed by atoms with Gasteiger partial charge in [-0.25, -0.2) is 4.39 Å². The van der Waals surface area contributed by atoms with E-state index in [2.05, 4.69) is 45.0 Å². The number of hydrogen-bond acceptors (Lipinski definition) is 3. The Morgan fingerprint density at radius 2 is 2.10 bits per heavy atom. The topological polar surface area (TPSA) is 18.5 Å². The molecule has 0 amide bonds. The lowest BCUT2D eigenvalue weighted by Crippen LogP contribution is -2.46. The van der Waals surface area contributed by atoms with Crippen LogP contribution in [0.2, 0.25) is 0 Å². The maximum absolute atomic E-state index is 14.0. The van der Waals surface area contributed by atoms with Gasteiger partial charge in [-0.3, -0.25) is 9.80 Å². The molecule has 1 unspecified atom stereocenters. The van der Waals surface area contributed by atoms with Crippen molar-refractivity contribution in [3.8, 4) is 0 Å². The summed E-state index contributed by atoms with van der Waals surface area (Å²) in [5.74, 6) is -0.138. The Kier molecular flexibility index (Phi) is 5.96. The van der Waals surface area contributed by atoms with Gasteiger partial charge in [-0.1, -0.05) is 22.0 Å². The van der Waals surface area contributed by atoms with Crippen molar-refractivity contribution in [1.29, 1.82) is 0 Å². The third-order valence-corrected chi connectivity index (χ3v) is 4.55. The molecule has 3 nitrogen and oxygen atoms in total. The Hall–Kier alpha value is -0.490. The maximum Gasteiger partial charge on any atom is 0.129 e. The minimum atomic E-state index is -0.138. The first-order chi connectivity index (χ1) is 9.58. The summed E-state index contributed by atoms with van der Waals surface area (Å²) in [6.07, 6.45) is 0. The Morgan fingerprint density at radius 1 is 1.40 bits per heavy atom. The second kappa shape index (κ2) is 7.50. The second-order valence-corrected chi connectivity index (χ2v) is 6.33. The first kappa shape index (κ1) is 15.9. The predicted octanol–water partition coefficient (Wildman–Crippen LogP) is 2.49. The van der Waals surface area contributed by atoms with Gasteiger partial charge < -0.3 is 5.32 Å². The summed E-state index contributed by atoms with van der Waals surface area (Å²) in [6.45, 7) is 8.41. The summed E-state index contributed by atoms with van der Waals surface area (Å²) in [7, 11) is 2.06. The molecule has 1 aromatic rings. The fourth-order valence-electron chi connectivity index (χ4n) is 2.51. The number of nitrogens with zero attached hydrogens (tertiary/aromatic N) is 2. The van der Waals surface area contributed by atoms with Crippen molar-refractivity contribution < 1.29 is 4.39 Å². The van der Waals surface area contributed by atoms with Crippen LogP contribution in [0.1, 0.15) is 18.5 Å². The van der Waals surface area contributed by atoms with Crippen molar-refractivity contribution in [3.63, 3.8) is 0 Å². The summed E-state index contributed by atoms with van der Waals surface area (Å²) in [6, 6.07) is 5.39. The van der Waals surface area contributed by atoms with Crippen LogP contribution in [0.4, 0.5) is 4.39 Å². The molecule has 1 heterocycles. The average molecular weight is 344 g/mol. The van der Waals surface area contributed by atoms with Gasteiger partial charge in [0.2, 0.25) is 0 Å². The number of likely N-dealkylation sites (N-methyl/N-ethyl adjacent to an activating group) is 1. The first-order valence-electron chi connectivity index (χ1n) is 7.16. The molecule has 1 saturated heterocycles. The predicted molar refractivity (Wildman–Crippen MR) is 84.5 cm³/mol. The molecule has 0 aliphatic carbocycles. The number of hydrogen-bond donors (Lipinski definition) is 1. The number of halogens is 2. The van der Waals surface area contributed by atoms with E-state index in [0.717, 1.165) is 49.3 Å². The molecule has 1 aliphatic heterocycles. The molecule has 20 heavy (non-hydrogen) atoms. The van der Waals surface area contributed by atoms with E-state index in [9.17, 15) is 4.39 Å². The summed E-state index contributed by atoms with van der Waals surface area (Å²) in [5, 5.41) is 3.35. The summed E-state index contributed by atoms with van der Waals surface area (Å²) < 4.78 is 14.8. The van der Waals surface area contributed by atoms with Crippen molar-refractivity contribution >= 4 is 15.9 Å². The summed E-state index contributed by atoms with van der Waals surface area (Å²) in [4.78, 5) is 4.67. The van der Waals surface area contributed by atoms with E-state index in [4.69, 9.17) is 0 Å². The molecule has 5 heteroatoms. The molecule has 1 fully saturated rings. The van der Waals surface area contributed by atoms with E-state index in [1.165, 1.54) is 6.07 Å². The van der Waals surface area contributed by atoms with Crippen molar-refractivity contribution in [1.82, 2.24) is 15.1 Å². The highest BCUT2D eigenvalue weighted by Crippen LogP contribution is 2.24. The van der Waals surface area contributed by atoms with Gasteiger partial charge in [0.15, 0.2) is 0 Å². The van der Waals surface area contributed by atoms with Gasteiger partial charge in [0.05, 0.1) is 0 Å². The second-order valence-electron chi connectivity index (χ2n) is 5.41. The van der Waals surface area contributed by atoms with Gasteiger partial charge >= 0.3 is 0 Å². The number of piperazine rings is 1. The standard InChI is InChI=1S/C15H23BrFN3/c1-12(14-4-3-13(16)11-15(14)17)19(2)9-10-20-7-5-18-6-8-20/h3-4,11-12,18H,5-10H2,1-2H3. The molecule has 0 bridgehead atoms. The average Bonchev–Trinajstić information content (AvgIpc) is 2.45. The van der Waals surface area contributed by atoms with Crippen molar-refractivity contribution in [2.75, 3.05) is 46.3 Å². The van der Waals surface area contributed by atoms with Crippen LogP contribution < -0.4 is 5.32 Å².